The zero-order valence-corrected chi connectivity index (χ0v) is 22.3. The standard InChI is InChI=1S/C10H23N.C9H21N.C3H8.2C2H6/c1-3-5-6-7-8-10-11-9-4-2;1-3-5-6-7-8-9-10-4-2;1-3-2;2*1-2/h11H,3-10H2,1-2H3;10H,3-9H2,1-2H3;3H2,1-2H3;2*1-2H3. The fourth-order valence-electron chi connectivity index (χ4n) is 2.19. The lowest BCUT2D eigenvalue weighted by Gasteiger charge is -2.01. The fraction of sp³-hybridized carbons (Fsp3) is 1.00. The summed E-state index contributed by atoms with van der Waals surface area (Å²) in [6.07, 6.45) is 16.4. The van der Waals surface area contributed by atoms with E-state index in [1.807, 2.05) is 27.7 Å². The predicted octanol–water partition coefficient (Wildman–Crippen LogP) is 8.99. The van der Waals surface area contributed by atoms with Gasteiger partial charge in [0.2, 0.25) is 0 Å². The number of rotatable bonds is 15. The molecule has 0 unspecified atom stereocenters. The average molecular weight is 405 g/mol. The van der Waals surface area contributed by atoms with Crippen LogP contribution < -0.4 is 10.6 Å². The van der Waals surface area contributed by atoms with Gasteiger partial charge in [-0.25, -0.2) is 0 Å². The molecule has 0 aliphatic heterocycles. The van der Waals surface area contributed by atoms with Crippen LogP contribution in [-0.2, 0) is 0 Å². The van der Waals surface area contributed by atoms with Crippen molar-refractivity contribution >= 4 is 0 Å². The number of nitrogens with one attached hydrogen (secondary N) is 2. The van der Waals surface area contributed by atoms with Crippen molar-refractivity contribution in [3.05, 3.63) is 0 Å². The van der Waals surface area contributed by atoms with E-state index in [0.717, 1.165) is 6.54 Å². The maximum atomic E-state index is 3.41. The zero-order chi connectivity index (χ0) is 22.7. The predicted molar refractivity (Wildman–Crippen MR) is 138 cm³/mol. The van der Waals surface area contributed by atoms with Crippen LogP contribution in [0.1, 0.15) is 146 Å². The highest BCUT2D eigenvalue weighted by atomic mass is 14.8. The molecule has 0 bridgehead atoms. The van der Waals surface area contributed by atoms with E-state index >= 15 is 0 Å². The molecule has 2 heteroatoms. The Bertz CT molecular complexity index is 145. The molecule has 0 aliphatic rings. The minimum absolute atomic E-state index is 1.12. The third-order valence-electron chi connectivity index (χ3n) is 3.59. The first-order chi connectivity index (χ1) is 13.7. The molecule has 0 heterocycles. The fourth-order valence-corrected chi connectivity index (χ4v) is 2.19. The summed E-state index contributed by atoms with van der Waals surface area (Å²) in [5.41, 5.74) is 0. The van der Waals surface area contributed by atoms with E-state index in [1.165, 1.54) is 96.7 Å². The van der Waals surface area contributed by atoms with Crippen LogP contribution in [0.15, 0.2) is 0 Å². The van der Waals surface area contributed by atoms with E-state index in [2.05, 4.69) is 52.2 Å². The summed E-state index contributed by atoms with van der Waals surface area (Å²) >= 11 is 0. The van der Waals surface area contributed by atoms with E-state index < -0.39 is 0 Å². The van der Waals surface area contributed by atoms with Gasteiger partial charge in [-0.2, -0.15) is 0 Å². The molecule has 0 aromatic carbocycles. The largest absolute Gasteiger partial charge is 0.317 e. The van der Waals surface area contributed by atoms with Crippen molar-refractivity contribution in [3.8, 4) is 0 Å². The Labute approximate surface area is 183 Å². The van der Waals surface area contributed by atoms with Gasteiger partial charge in [0.1, 0.15) is 0 Å². The van der Waals surface area contributed by atoms with Gasteiger partial charge in [0.25, 0.3) is 0 Å². The highest BCUT2D eigenvalue weighted by Crippen LogP contribution is 2.01. The average Bonchev–Trinajstić information content (AvgIpc) is 2.74. The third-order valence-corrected chi connectivity index (χ3v) is 3.59. The van der Waals surface area contributed by atoms with Gasteiger partial charge in [-0.05, 0) is 45.4 Å². The van der Waals surface area contributed by atoms with E-state index in [4.69, 9.17) is 0 Å². The van der Waals surface area contributed by atoms with Crippen molar-refractivity contribution in [1.82, 2.24) is 10.6 Å². The molecule has 2 nitrogen and oxygen atoms in total. The van der Waals surface area contributed by atoms with Crippen LogP contribution in [0.4, 0.5) is 0 Å². The highest BCUT2D eigenvalue weighted by Gasteiger charge is 1.88. The van der Waals surface area contributed by atoms with Crippen LogP contribution >= 0.6 is 0 Å². The molecule has 0 atom stereocenters. The Hall–Kier alpha value is -0.0800. The Morgan fingerprint density at radius 1 is 0.393 bits per heavy atom. The van der Waals surface area contributed by atoms with Gasteiger partial charge in [-0.1, -0.05) is 127 Å². The molecule has 0 fully saturated rings. The summed E-state index contributed by atoms with van der Waals surface area (Å²) in [5.74, 6) is 0. The summed E-state index contributed by atoms with van der Waals surface area (Å²) < 4.78 is 0. The third kappa shape index (κ3) is 72.3. The minimum atomic E-state index is 1.12. The molecule has 0 saturated carbocycles. The van der Waals surface area contributed by atoms with Gasteiger partial charge in [-0.15, -0.1) is 0 Å². The monoisotopic (exact) mass is 405 g/mol. The van der Waals surface area contributed by atoms with Crippen LogP contribution in [0.5, 0.6) is 0 Å². The Kier molecular flexibility index (Phi) is 77.5. The van der Waals surface area contributed by atoms with Gasteiger partial charge in [-0.3, -0.25) is 0 Å². The Morgan fingerprint density at radius 3 is 1.07 bits per heavy atom. The van der Waals surface area contributed by atoms with Crippen LogP contribution in [0.3, 0.4) is 0 Å². The normalized spacial score (nSPS) is 8.79. The van der Waals surface area contributed by atoms with Crippen LogP contribution in [0, 0.1) is 0 Å². The first-order valence-corrected chi connectivity index (χ1v) is 13.2. The molecule has 0 amide bonds. The summed E-state index contributed by atoms with van der Waals surface area (Å²) in [7, 11) is 0. The summed E-state index contributed by atoms with van der Waals surface area (Å²) in [6, 6.07) is 0. The van der Waals surface area contributed by atoms with Gasteiger partial charge < -0.3 is 10.6 Å². The number of hydrogen-bond acceptors (Lipinski definition) is 2. The second-order valence-electron chi connectivity index (χ2n) is 6.64. The summed E-state index contributed by atoms with van der Waals surface area (Å²) in [4.78, 5) is 0. The quantitative estimate of drug-likeness (QED) is 0.266. The molecule has 0 aromatic heterocycles. The molecule has 0 rings (SSSR count). The van der Waals surface area contributed by atoms with Crippen molar-refractivity contribution in [2.24, 2.45) is 0 Å². The molecule has 0 spiro atoms. The summed E-state index contributed by atoms with van der Waals surface area (Å²) in [5, 5.41) is 6.74. The van der Waals surface area contributed by atoms with E-state index in [-0.39, 0.29) is 0 Å². The van der Waals surface area contributed by atoms with Crippen molar-refractivity contribution in [1.29, 1.82) is 0 Å². The van der Waals surface area contributed by atoms with Crippen molar-refractivity contribution in [3.63, 3.8) is 0 Å². The van der Waals surface area contributed by atoms with Crippen LogP contribution in [0.2, 0.25) is 0 Å². The highest BCUT2D eigenvalue weighted by molar-refractivity contribution is 4.47. The first kappa shape index (κ1) is 38.5. The van der Waals surface area contributed by atoms with Crippen molar-refractivity contribution in [2.45, 2.75) is 146 Å². The molecule has 0 aromatic rings. The lowest BCUT2D eigenvalue weighted by atomic mass is 10.1. The molecule has 0 radical (unpaired) electrons. The van der Waals surface area contributed by atoms with E-state index in [1.54, 1.807) is 0 Å². The van der Waals surface area contributed by atoms with Crippen LogP contribution in [-0.4, -0.2) is 26.2 Å². The number of hydrogen-bond donors (Lipinski definition) is 2. The van der Waals surface area contributed by atoms with Crippen LogP contribution in [0.25, 0.3) is 0 Å². The lowest BCUT2D eigenvalue weighted by Crippen LogP contribution is -2.15. The SMILES string of the molecule is CC.CC.CCC.CCCCCCCNCC.CCCCCCCNCCC. The minimum Gasteiger partial charge on any atom is -0.317 e. The molecule has 2 N–H and O–H groups in total. The molecular formula is C26H64N2. The van der Waals surface area contributed by atoms with E-state index in [0.29, 0.717) is 0 Å². The van der Waals surface area contributed by atoms with Crippen molar-refractivity contribution in [2.75, 3.05) is 26.2 Å². The first-order valence-electron chi connectivity index (χ1n) is 13.2. The van der Waals surface area contributed by atoms with Gasteiger partial charge in [0, 0.05) is 0 Å². The molecule has 0 saturated heterocycles. The Morgan fingerprint density at radius 2 is 0.750 bits per heavy atom. The smallest absolute Gasteiger partial charge is 0.00489 e. The molecule has 28 heavy (non-hydrogen) atoms. The summed E-state index contributed by atoms with van der Waals surface area (Å²) in [6.45, 7) is 25.9. The second-order valence-corrected chi connectivity index (χ2v) is 6.64. The zero-order valence-electron chi connectivity index (χ0n) is 22.3. The van der Waals surface area contributed by atoms with Gasteiger partial charge in [0.15, 0.2) is 0 Å². The lowest BCUT2D eigenvalue weighted by molar-refractivity contribution is 0.581. The second kappa shape index (κ2) is 56.3. The van der Waals surface area contributed by atoms with Crippen molar-refractivity contribution < 1.29 is 0 Å². The molecule has 178 valence electrons. The molecular weight excluding hydrogens is 340 g/mol. The van der Waals surface area contributed by atoms with E-state index in [9.17, 15) is 0 Å². The maximum Gasteiger partial charge on any atom is -0.00489 e. The molecule has 0 aliphatic carbocycles. The van der Waals surface area contributed by atoms with Gasteiger partial charge in [0.05, 0.1) is 0 Å². The maximum absolute atomic E-state index is 3.41. The Balaban J connectivity index is -0.0000000955. The topological polar surface area (TPSA) is 24.1 Å². The number of unbranched alkanes of at least 4 members (excludes halogenated alkanes) is 8. The van der Waals surface area contributed by atoms with Gasteiger partial charge >= 0.3 is 0 Å².